The van der Waals surface area contributed by atoms with Crippen LogP contribution < -0.4 is 0 Å². The van der Waals surface area contributed by atoms with Gasteiger partial charge in [-0.3, -0.25) is 0 Å². The van der Waals surface area contributed by atoms with Gasteiger partial charge in [0.25, 0.3) is 10.0 Å². The van der Waals surface area contributed by atoms with Gasteiger partial charge in [-0.15, -0.1) is 0 Å². The first-order valence-corrected chi connectivity index (χ1v) is 6.74. The van der Waals surface area contributed by atoms with Crippen LogP contribution in [0.4, 0.5) is 0 Å². The summed E-state index contributed by atoms with van der Waals surface area (Å²) in [5.41, 5.74) is 0. The van der Waals surface area contributed by atoms with Crippen LogP contribution in [0.5, 0.6) is 0 Å². The van der Waals surface area contributed by atoms with Crippen molar-refractivity contribution in [3.05, 3.63) is 12.5 Å². The molecule has 2 aliphatic heterocycles. The third-order valence-electron chi connectivity index (χ3n) is 3.10. The van der Waals surface area contributed by atoms with Crippen molar-refractivity contribution in [3.63, 3.8) is 0 Å². The van der Waals surface area contributed by atoms with Gasteiger partial charge < -0.3 is 9.72 Å². The Bertz CT molecular complexity index is 458. The van der Waals surface area contributed by atoms with Gasteiger partial charge >= 0.3 is 0 Å². The number of aromatic nitrogens is 2. The molecule has 3 heterocycles. The summed E-state index contributed by atoms with van der Waals surface area (Å²) in [4.78, 5) is 6.39. The minimum Gasteiger partial charge on any atom is -0.372 e. The van der Waals surface area contributed by atoms with Gasteiger partial charge in [-0.05, 0) is 12.8 Å². The molecule has 2 atom stereocenters. The van der Waals surface area contributed by atoms with Gasteiger partial charge in [0.05, 0.1) is 24.7 Å². The van der Waals surface area contributed by atoms with Crippen molar-refractivity contribution >= 4 is 10.0 Å². The van der Waals surface area contributed by atoms with Crippen LogP contribution in [-0.4, -0.2) is 48.0 Å². The molecule has 2 bridgehead atoms. The van der Waals surface area contributed by atoms with E-state index in [2.05, 4.69) is 9.97 Å². The Kier molecular flexibility index (Phi) is 2.27. The maximum atomic E-state index is 12.2. The lowest BCUT2D eigenvalue weighted by atomic mass is 10.2. The van der Waals surface area contributed by atoms with E-state index < -0.39 is 10.0 Å². The molecule has 1 aromatic rings. The van der Waals surface area contributed by atoms with Gasteiger partial charge in [-0.2, -0.15) is 4.31 Å². The van der Waals surface area contributed by atoms with Crippen LogP contribution in [0, 0.1) is 0 Å². The smallest absolute Gasteiger partial charge is 0.260 e. The van der Waals surface area contributed by atoms with Crippen molar-refractivity contribution < 1.29 is 13.2 Å². The molecule has 1 N–H and O–H groups in total. The number of imidazole rings is 1. The zero-order valence-electron chi connectivity index (χ0n) is 8.67. The lowest BCUT2D eigenvalue weighted by Gasteiger charge is -2.30. The van der Waals surface area contributed by atoms with Crippen LogP contribution in [-0.2, 0) is 14.8 Å². The largest absolute Gasteiger partial charge is 0.372 e. The fraction of sp³-hybridized carbons (Fsp3) is 0.667. The summed E-state index contributed by atoms with van der Waals surface area (Å²) < 4.78 is 31.4. The number of ether oxygens (including phenoxy) is 1. The number of hydrogen-bond acceptors (Lipinski definition) is 4. The molecule has 2 fully saturated rings. The minimum absolute atomic E-state index is 0.0662. The van der Waals surface area contributed by atoms with E-state index in [1.54, 1.807) is 0 Å². The quantitative estimate of drug-likeness (QED) is 0.791. The van der Waals surface area contributed by atoms with Crippen molar-refractivity contribution in [2.45, 2.75) is 30.1 Å². The molecule has 16 heavy (non-hydrogen) atoms. The highest BCUT2D eigenvalue weighted by atomic mass is 32.2. The monoisotopic (exact) mass is 243 g/mol. The molecule has 0 saturated carbocycles. The molecular weight excluding hydrogens is 230 g/mol. The summed E-state index contributed by atoms with van der Waals surface area (Å²) in [5, 5.41) is 0.161. The van der Waals surface area contributed by atoms with E-state index in [-0.39, 0.29) is 17.2 Å². The highest BCUT2D eigenvalue weighted by Gasteiger charge is 2.39. The van der Waals surface area contributed by atoms with Crippen LogP contribution in [0.25, 0.3) is 0 Å². The van der Waals surface area contributed by atoms with E-state index in [0.717, 1.165) is 12.8 Å². The first-order valence-electron chi connectivity index (χ1n) is 5.30. The van der Waals surface area contributed by atoms with E-state index in [1.807, 2.05) is 0 Å². The van der Waals surface area contributed by atoms with Crippen molar-refractivity contribution in [1.82, 2.24) is 14.3 Å². The Hall–Kier alpha value is -0.920. The molecule has 6 nitrogen and oxygen atoms in total. The SMILES string of the molecule is O=S(=O)(c1cnc[nH]1)N1CC2CCC(C1)O2. The fourth-order valence-corrected chi connectivity index (χ4v) is 3.70. The van der Waals surface area contributed by atoms with Crippen molar-refractivity contribution in [3.8, 4) is 0 Å². The molecule has 0 aliphatic carbocycles. The van der Waals surface area contributed by atoms with Crippen LogP contribution in [0.15, 0.2) is 17.6 Å². The van der Waals surface area contributed by atoms with E-state index >= 15 is 0 Å². The molecule has 2 unspecified atom stereocenters. The van der Waals surface area contributed by atoms with Gasteiger partial charge in [0.1, 0.15) is 0 Å². The second-order valence-electron chi connectivity index (χ2n) is 4.20. The van der Waals surface area contributed by atoms with Crippen LogP contribution >= 0.6 is 0 Å². The number of morpholine rings is 1. The molecule has 0 spiro atoms. The Balaban J connectivity index is 1.88. The maximum absolute atomic E-state index is 12.2. The lowest BCUT2D eigenvalue weighted by molar-refractivity contribution is -0.0115. The summed E-state index contributed by atoms with van der Waals surface area (Å²) >= 11 is 0. The fourth-order valence-electron chi connectivity index (χ4n) is 2.30. The third-order valence-corrected chi connectivity index (χ3v) is 4.86. The average Bonchev–Trinajstić information content (AvgIpc) is 2.88. The van der Waals surface area contributed by atoms with E-state index in [1.165, 1.54) is 16.8 Å². The predicted octanol–water partition coefficient (Wildman–Crippen LogP) is -0.0384. The molecule has 1 aromatic heterocycles. The average molecular weight is 243 g/mol. The van der Waals surface area contributed by atoms with Crippen LogP contribution in [0.2, 0.25) is 0 Å². The van der Waals surface area contributed by atoms with Crippen molar-refractivity contribution in [2.24, 2.45) is 0 Å². The topological polar surface area (TPSA) is 75.3 Å². The molecule has 2 aliphatic rings. The van der Waals surface area contributed by atoms with Crippen LogP contribution in [0.1, 0.15) is 12.8 Å². The summed E-state index contributed by atoms with van der Waals surface area (Å²) in [5.74, 6) is 0. The Labute approximate surface area is 93.7 Å². The van der Waals surface area contributed by atoms with E-state index in [9.17, 15) is 8.42 Å². The van der Waals surface area contributed by atoms with Gasteiger partial charge in [0.15, 0.2) is 5.03 Å². The van der Waals surface area contributed by atoms with Crippen LogP contribution in [0.3, 0.4) is 0 Å². The van der Waals surface area contributed by atoms with Gasteiger partial charge in [0.2, 0.25) is 0 Å². The molecular formula is C9H13N3O3S. The molecule has 88 valence electrons. The lowest BCUT2D eigenvalue weighted by Crippen LogP contribution is -2.45. The van der Waals surface area contributed by atoms with Gasteiger partial charge in [-0.1, -0.05) is 0 Å². The number of H-pyrrole nitrogens is 1. The number of sulfonamides is 1. The number of rotatable bonds is 2. The summed E-state index contributed by atoms with van der Waals surface area (Å²) in [6, 6.07) is 0. The van der Waals surface area contributed by atoms with Gasteiger partial charge in [0, 0.05) is 13.1 Å². The summed E-state index contributed by atoms with van der Waals surface area (Å²) in [6.07, 6.45) is 4.77. The summed E-state index contributed by atoms with van der Waals surface area (Å²) in [6.45, 7) is 0.912. The zero-order chi connectivity index (χ0) is 11.2. The second kappa shape index (κ2) is 3.54. The number of aromatic amines is 1. The number of nitrogens with one attached hydrogen (secondary N) is 1. The molecule has 2 saturated heterocycles. The highest BCUT2D eigenvalue weighted by Crippen LogP contribution is 2.29. The molecule has 7 heteroatoms. The summed E-state index contributed by atoms with van der Waals surface area (Å²) in [7, 11) is -3.41. The Morgan fingerprint density at radius 1 is 1.38 bits per heavy atom. The van der Waals surface area contributed by atoms with Gasteiger partial charge in [-0.25, -0.2) is 13.4 Å². The second-order valence-corrected chi connectivity index (χ2v) is 6.10. The zero-order valence-corrected chi connectivity index (χ0v) is 9.48. The maximum Gasteiger partial charge on any atom is 0.260 e. The molecule has 0 aromatic carbocycles. The van der Waals surface area contributed by atoms with E-state index in [0.29, 0.717) is 13.1 Å². The molecule has 0 radical (unpaired) electrons. The number of hydrogen-bond donors (Lipinski definition) is 1. The van der Waals surface area contributed by atoms with E-state index in [4.69, 9.17) is 4.74 Å². The first kappa shape index (κ1) is 10.2. The number of fused-ring (bicyclic) bond motifs is 2. The highest BCUT2D eigenvalue weighted by molar-refractivity contribution is 7.89. The third kappa shape index (κ3) is 1.55. The first-order chi connectivity index (χ1) is 7.66. The Morgan fingerprint density at radius 3 is 2.62 bits per heavy atom. The minimum atomic E-state index is -3.41. The number of nitrogens with zero attached hydrogens (tertiary/aromatic N) is 2. The molecule has 0 amide bonds. The van der Waals surface area contributed by atoms with Crippen molar-refractivity contribution in [1.29, 1.82) is 0 Å². The Morgan fingerprint density at radius 2 is 2.06 bits per heavy atom. The predicted molar refractivity (Wildman–Crippen MR) is 55.2 cm³/mol. The van der Waals surface area contributed by atoms with Crippen molar-refractivity contribution in [2.75, 3.05) is 13.1 Å². The molecule has 3 rings (SSSR count). The standard InChI is InChI=1S/C9H13N3O3S/c13-16(14,9-3-10-6-11-9)12-4-7-1-2-8(5-12)15-7/h3,6-8H,1-2,4-5H2,(H,10,11). The normalized spacial score (nSPS) is 30.8.